The van der Waals surface area contributed by atoms with Gasteiger partial charge in [0, 0.05) is 18.3 Å². The molecule has 1 aliphatic heterocycles. The number of benzene rings is 1. The third kappa shape index (κ3) is 2.96. The second-order valence-corrected chi connectivity index (χ2v) is 6.80. The molecule has 1 fully saturated rings. The van der Waals surface area contributed by atoms with Crippen LogP contribution in [0.3, 0.4) is 0 Å². The fraction of sp³-hybridized carbons (Fsp3) is 0.462. The number of rotatable bonds is 4. The fourth-order valence-electron chi connectivity index (χ4n) is 2.50. The minimum absolute atomic E-state index is 0.00708. The molecule has 1 atom stereocenters. The average Bonchev–Trinajstić information content (AvgIpc) is 2.46. The van der Waals surface area contributed by atoms with E-state index in [2.05, 4.69) is 0 Å². The number of amides is 1. The monoisotopic (exact) mass is 313 g/mol. The van der Waals surface area contributed by atoms with Crippen molar-refractivity contribution in [3.05, 3.63) is 18.2 Å². The zero-order valence-electron chi connectivity index (χ0n) is 11.8. The number of carbonyl (C=O) groups is 1. The highest BCUT2D eigenvalue weighted by Crippen LogP contribution is 2.32. The molecule has 7 nitrogen and oxygen atoms in total. The van der Waals surface area contributed by atoms with Gasteiger partial charge in [-0.3, -0.25) is 4.79 Å². The highest BCUT2D eigenvalue weighted by atomic mass is 32.2. The predicted octanol–water partition coefficient (Wildman–Crippen LogP) is 0.306. The average molecular weight is 313 g/mol. The zero-order chi connectivity index (χ0) is 15.6. The number of nitrogen functional groups attached to an aromatic ring is 1. The highest BCUT2D eigenvalue weighted by Gasteiger charge is 2.37. The molecule has 0 bridgehead atoms. The lowest BCUT2D eigenvalue weighted by atomic mass is 10.0. The molecule has 1 aliphatic rings. The number of piperidine rings is 1. The molecule has 8 heteroatoms. The molecule has 1 aromatic carbocycles. The van der Waals surface area contributed by atoms with Gasteiger partial charge < -0.3 is 16.2 Å². The van der Waals surface area contributed by atoms with Crippen LogP contribution in [0.15, 0.2) is 23.1 Å². The first-order valence-electron chi connectivity index (χ1n) is 6.62. The van der Waals surface area contributed by atoms with Gasteiger partial charge in [-0.1, -0.05) is 6.42 Å². The van der Waals surface area contributed by atoms with Crippen LogP contribution in [0.1, 0.15) is 19.3 Å². The van der Waals surface area contributed by atoms with Gasteiger partial charge in [0.15, 0.2) is 0 Å². The number of primary amides is 1. The third-order valence-corrected chi connectivity index (χ3v) is 5.50. The van der Waals surface area contributed by atoms with Gasteiger partial charge in [0.25, 0.3) is 0 Å². The Balaban J connectivity index is 2.48. The van der Waals surface area contributed by atoms with Crippen molar-refractivity contribution >= 4 is 21.6 Å². The predicted molar refractivity (Wildman–Crippen MR) is 78.1 cm³/mol. The molecule has 0 aliphatic carbocycles. The van der Waals surface area contributed by atoms with Crippen molar-refractivity contribution in [2.24, 2.45) is 5.73 Å². The van der Waals surface area contributed by atoms with Gasteiger partial charge in [-0.2, -0.15) is 4.31 Å². The van der Waals surface area contributed by atoms with Crippen molar-refractivity contribution in [2.45, 2.75) is 30.2 Å². The molecule has 0 spiro atoms. The Morgan fingerprint density at radius 3 is 2.71 bits per heavy atom. The Bertz CT molecular complexity index is 645. The van der Waals surface area contributed by atoms with E-state index in [0.29, 0.717) is 18.5 Å². The minimum atomic E-state index is -3.86. The van der Waals surface area contributed by atoms with E-state index < -0.39 is 22.0 Å². The van der Waals surface area contributed by atoms with Crippen LogP contribution in [-0.2, 0) is 14.8 Å². The van der Waals surface area contributed by atoms with E-state index in [1.54, 1.807) is 0 Å². The number of ether oxygens (including phenoxy) is 1. The highest BCUT2D eigenvalue weighted by molar-refractivity contribution is 7.89. The number of carbonyl (C=O) groups excluding carboxylic acids is 1. The lowest BCUT2D eigenvalue weighted by Gasteiger charge is -2.32. The van der Waals surface area contributed by atoms with Crippen molar-refractivity contribution in [3.63, 3.8) is 0 Å². The van der Waals surface area contributed by atoms with E-state index >= 15 is 0 Å². The lowest BCUT2D eigenvalue weighted by Crippen LogP contribution is -2.50. The SMILES string of the molecule is COc1cc(N)ccc1S(=O)(=O)N1CCCCC1C(N)=O. The summed E-state index contributed by atoms with van der Waals surface area (Å²) in [7, 11) is -2.49. The minimum Gasteiger partial charge on any atom is -0.495 e. The Kier molecular flexibility index (Phi) is 4.38. The Morgan fingerprint density at radius 2 is 2.10 bits per heavy atom. The summed E-state index contributed by atoms with van der Waals surface area (Å²) in [5.41, 5.74) is 11.4. The van der Waals surface area contributed by atoms with Gasteiger partial charge in [-0.25, -0.2) is 8.42 Å². The van der Waals surface area contributed by atoms with Crippen LogP contribution in [0.4, 0.5) is 5.69 Å². The van der Waals surface area contributed by atoms with Crippen molar-refractivity contribution in [2.75, 3.05) is 19.4 Å². The van der Waals surface area contributed by atoms with Crippen LogP contribution in [0.25, 0.3) is 0 Å². The van der Waals surface area contributed by atoms with Gasteiger partial charge in [-0.05, 0) is 25.0 Å². The Hall–Kier alpha value is -1.80. The number of hydrogen-bond acceptors (Lipinski definition) is 5. The molecule has 2 rings (SSSR count). The molecule has 0 radical (unpaired) electrons. The normalized spacial score (nSPS) is 20.1. The topological polar surface area (TPSA) is 116 Å². The van der Waals surface area contributed by atoms with E-state index in [4.69, 9.17) is 16.2 Å². The molecule has 1 amide bonds. The first-order valence-corrected chi connectivity index (χ1v) is 8.06. The Labute approximate surface area is 123 Å². The second kappa shape index (κ2) is 5.90. The summed E-state index contributed by atoms with van der Waals surface area (Å²) in [4.78, 5) is 11.5. The maximum Gasteiger partial charge on any atom is 0.247 e. The summed E-state index contributed by atoms with van der Waals surface area (Å²) in [6, 6.07) is 3.50. The van der Waals surface area contributed by atoms with Crippen molar-refractivity contribution in [3.8, 4) is 5.75 Å². The molecule has 21 heavy (non-hydrogen) atoms. The van der Waals surface area contributed by atoms with Crippen molar-refractivity contribution < 1.29 is 17.9 Å². The first-order chi connectivity index (χ1) is 9.87. The third-order valence-electron chi connectivity index (χ3n) is 3.56. The number of methoxy groups -OCH3 is 1. The summed E-state index contributed by atoms with van der Waals surface area (Å²) >= 11 is 0. The van der Waals surface area contributed by atoms with Crippen LogP contribution >= 0.6 is 0 Å². The molecular weight excluding hydrogens is 294 g/mol. The van der Waals surface area contributed by atoms with Gasteiger partial charge in [-0.15, -0.1) is 0 Å². The number of anilines is 1. The molecule has 0 saturated carbocycles. The standard InChI is InChI=1S/C13H19N3O4S/c1-20-11-8-9(14)5-6-12(11)21(18,19)16-7-3-2-4-10(16)13(15)17/h5-6,8,10H,2-4,7,14H2,1H3,(H2,15,17). The number of hydrogen-bond donors (Lipinski definition) is 2. The molecule has 0 aromatic heterocycles. The zero-order valence-corrected chi connectivity index (χ0v) is 12.6. The van der Waals surface area contributed by atoms with Gasteiger partial charge >= 0.3 is 0 Å². The van der Waals surface area contributed by atoms with E-state index in [-0.39, 0.29) is 17.2 Å². The summed E-state index contributed by atoms with van der Waals surface area (Å²) in [5, 5.41) is 0. The lowest BCUT2D eigenvalue weighted by molar-refractivity contribution is -0.122. The fourth-order valence-corrected chi connectivity index (χ4v) is 4.30. The summed E-state index contributed by atoms with van der Waals surface area (Å²) in [6.07, 6.45) is 1.91. The van der Waals surface area contributed by atoms with E-state index in [0.717, 1.165) is 10.7 Å². The maximum absolute atomic E-state index is 12.8. The first kappa shape index (κ1) is 15.6. The van der Waals surface area contributed by atoms with E-state index in [1.165, 1.54) is 25.3 Å². The summed E-state index contributed by atoms with van der Waals surface area (Å²) < 4.78 is 31.8. The van der Waals surface area contributed by atoms with Gasteiger partial charge in [0.2, 0.25) is 15.9 Å². The molecule has 116 valence electrons. The largest absolute Gasteiger partial charge is 0.495 e. The smallest absolute Gasteiger partial charge is 0.247 e. The van der Waals surface area contributed by atoms with Crippen molar-refractivity contribution in [1.29, 1.82) is 0 Å². The van der Waals surface area contributed by atoms with Crippen LogP contribution in [0.5, 0.6) is 5.75 Å². The Morgan fingerprint density at radius 1 is 1.38 bits per heavy atom. The molecule has 1 aromatic rings. The molecule has 4 N–H and O–H groups in total. The van der Waals surface area contributed by atoms with Gasteiger partial charge in [0.05, 0.1) is 7.11 Å². The summed E-state index contributed by atoms with van der Waals surface area (Å²) in [6.45, 7) is 0.267. The number of sulfonamides is 1. The van der Waals surface area contributed by atoms with Crippen LogP contribution in [0.2, 0.25) is 0 Å². The summed E-state index contributed by atoms with van der Waals surface area (Å²) in [5.74, 6) is -0.475. The molecule has 1 unspecified atom stereocenters. The van der Waals surface area contributed by atoms with Crippen LogP contribution in [0, 0.1) is 0 Å². The quantitative estimate of drug-likeness (QED) is 0.776. The molecule has 1 heterocycles. The van der Waals surface area contributed by atoms with Crippen LogP contribution in [-0.4, -0.2) is 38.3 Å². The second-order valence-electron chi connectivity index (χ2n) is 4.94. The maximum atomic E-state index is 12.8. The van der Waals surface area contributed by atoms with Crippen molar-refractivity contribution in [1.82, 2.24) is 4.31 Å². The van der Waals surface area contributed by atoms with E-state index in [9.17, 15) is 13.2 Å². The molecular formula is C13H19N3O4S. The number of nitrogens with zero attached hydrogens (tertiary/aromatic N) is 1. The molecule has 1 saturated heterocycles. The van der Waals surface area contributed by atoms with Gasteiger partial charge in [0.1, 0.15) is 16.7 Å². The number of nitrogens with two attached hydrogens (primary N) is 2. The van der Waals surface area contributed by atoms with Crippen LogP contribution < -0.4 is 16.2 Å². The van der Waals surface area contributed by atoms with E-state index in [1.807, 2.05) is 0 Å².